The van der Waals surface area contributed by atoms with Gasteiger partial charge in [-0.2, -0.15) is 4.31 Å². The molecule has 3 rings (SSSR count). The SMILES string of the molecule is CCN1CCN(S(=O)(=O)c2ccc(NC(=O)C3CCCCC3)cc2)CC1. The second kappa shape index (κ2) is 8.50. The lowest BCUT2D eigenvalue weighted by atomic mass is 9.88. The van der Waals surface area contributed by atoms with Crippen LogP contribution in [0.2, 0.25) is 0 Å². The van der Waals surface area contributed by atoms with Crippen LogP contribution in [0, 0.1) is 5.92 Å². The number of nitrogens with zero attached hydrogens (tertiary/aromatic N) is 2. The number of carbonyl (C=O) groups excluding carboxylic acids is 1. The second-order valence-corrected chi connectivity index (χ2v) is 9.12. The van der Waals surface area contributed by atoms with Crippen molar-refractivity contribution in [3.8, 4) is 0 Å². The molecule has 0 atom stereocenters. The quantitative estimate of drug-likeness (QED) is 0.853. The van der Waals surface area contributed by atoms with Crippen molar-refractivity contribution < 1.29 is 13.2 Å². The van der Waals surface area contributed by atoms with Crippen molar-refractivity contribution in [2.24, 2.45) is 5.92 Å². The van der Waals surface area contributed by atoms with E-state index in [1.165, 1.54) is 6.42 Å². The summed E-state index contributed by atoms with van der Waals surface area (Å²) in [6, 6.07) is 6.57. The summed E-state index contributed by atoms with van der Waals surface area (Å²) in [6.45, 7) is 5.62. The molecule has 1 saturated carbocycles. The van der Waals surface area contributed by atoms with Gasteiger partial charge >= 0.3 is 0 Å². The Labute approximate surface area is 156 Å². The largest absolute Gasteiger partial charge is 0.326 e. The van der Waals surface area contributed by atoms with Crippen LogP contribution in [0.4, 0.5) is 5.69 Å². The standard InChI is InChI=1S/C19H29N3O3S/c1-2-21-12-14-22(15-13-21)26(24,25)18-10-8-17(9-11-18)20-19(23)16-6-4-3-5-7-16/h8-11,16H,2-7,12-15H2,1H3,(H,20,23). The molecule has 1 aliphatic carbocycles. The molecule has 0 unspecified atom stereocenters. The Bertz CT molecular complexity index is 704. The summed E-state index contributed by atoms with van der Waals surface area (Å²) < 4.78 is 27.1. The molecule has 0 bridgehead atoms. The van der Waals surface area contributed by atoms with E-state index < -0.39 is 10.0 Å². The first-order valence-corrected chi connectivity index (χ1v) is 11.1. The van der Waals surface area contributed by atoms with Crippen LogP contribution in [-0.2, 0) is 14.8 Å². The Morgan fingerprint density at radius 3 is 2.23 bits per heavy atom. The summed E-state index contributed by atoms with van der Waals surface area (Å²) in [5.41, 5.74) is 0.662. The van der Waals surface area contributed by atoms with Crippen LogP contribution < -0.4 is 5.32 Å². The Hall–Kier alpha value is -1.44. The van der Waals surface area contributed by atoms with Gasteiger partial charge in [-0.1, -0.05) is 26.2 Å². The maximum Gasteiger partial charge on any atom is 0.243 e. The fourth-order valence-corrected chi connectivity index (χ4v) is 5.18. The average molecular weight is 380 g/mol. The molecule has 144 valence electrons. The molecule has 2 fully saturated rings. The van der Waals surface area contributed by atoms with Crippen molar-refractivity contribution in [2.75, 3.05) is 38.0 Å². The number of amides is 1. The Balaban J connectivity index is 1.62. The molecule has 1 saturated heterocycles. The van der Waals surface area contributed by atoms with Gasteiger partial charge in [0.25, 0.3) is 0 Å². The van der Waals surface area contributed by atoms with Gasteiger partial charge in [-0.25, -0.2) is 8.42 Å². The summed E-state index contributed by atoms with van der Waals surface area (Å²) >= 11 is 0. The maximum absolute atomic E-state index is 12.8. The van der Waals surface area contributed by atoms with Gasteiger partial charge in [0.1, 0.15) is 0 Å². The van der Waals surface area contributed by atoms with Crippen LogP contribution in [0.25, 0.3) is 0 Å². The molecular formula is C19H29N3O3S. The number of hydrogen-bond acceptors (Lipinski definition) is 4. The summed E-state index contributed by atoms with van der Waals surface area (Å²) in [5.74, 6) is 0.137. The van der Waals surface area contributed by atoms with E-state index in [0.717, 1.165) is 45.3 Å². The highest BCUT2D eigenvalue weighted by Gasteiger charge is 2.28. The molecule has 1 aliphatic heterocycles. The molecular weight excluding hydrogens is 350 g/mol. The minimum absolute atomic E-state index is 0.0518. The van der Waals surface area contributed by atoms with Crippen LogP contribution in [0.3, 0.4) is 0 Å². The molecule has 6 nitrogen and oxygen atoms in total. The van der Waals surface area contributed by atoms with Crippen LogP contribution in [-0.4, -0.2) is 56.3 Å². The van der Waals surface area contributed by atoms with Crippen molar-refractivity contribution in [1.29, 1.82) is 0 Å². The number of rotatable bonds is 5. The lowest BCUT2D eigenvalue weighted by molar-refractivity contribution is -0.120. The van der Waals surface area contributed by atoms with Gasteiger partial charge in [-0.05, 0) is 43.7 Å². The van der Waals surface area contributed by atoms with E-state index in [2.05, 4.69) is 17.1 Å². The minimum Gasteiger partial charge on any atom is -0.326 e. The van der Waals surface area contributed by atoms with Crippen molar-refractivity contribution in [3.05, 3.63) is 24.3 Å². The first-order chi connectivity index (χ1) is 12.5. The summed E-state index contributed by atoms with van der Waals surface area (Å²) in [6.07, 6.45) is 5.33. The van der Waals surface area contributed by atoms with Crippen LogP contribution in [0.1, 0.15) is 39.0 Å². The monoisotopic (exact) mass is 379 g/mol. The van der Waals surface area contributed by atoms with E-state index in [-0.39, 0.29) is 16.7 Å². The highest BCUT2D eigenvalue weighted by molar-refractivity contribution is 7.89. The smallest absolute Gasteiger partial charge is 0.243 e. The second-order valence-electron chi connectivity index (χ2n) is 7.19. The molecule has 0 aromatic heterocycles. The number of likely N-dealkylation sites (N-methyl/N-ethyl adjacent to an activating group) is 1. The summed E-state index contributed by atoms with van der Waals surface area (Å²) in [7, 11) is -3.47. The van der Waals surface area contributed by atoms with Gasteiger partial charge in [0.05, 0.1) is 4.90 Å². The highest BCUT2D eigenvalue weighted by atomic mass is 32.2. The molecule has 1 N–H and O–H groups in total. The van der Waals surface area contributed by atoms with Gasteiger partial charge in [0.15, 0.2) is 0 Å². The van der Waals surface area contributed by atoms with Gasteiger partial charge in [-0.15, -0.1) is 0 Å². The van der Waals surface area contributed by atoms with Crippen molar-refractivity contribution >= 4 is 21.6 Å². The number of nitrogens with one attached hydrogen (secondary N) is 1. The van der Waals surface area contributed by atoms with Gasteiger partial charge < -0.3 is 10.2 Å². The third kappa shape index (κ3) is 4.45. The van der Waals surface area contributed by atoms with Crippen molar-refractivity contribution in [1.82, 2.24) is 9.21 Å². The minimum atomic E-state index is -3.47. The molecule has 0 radical (unpaired) electrons. The molecule has 1 heterocycles. The third-order valence-corrected chi connectivity index (χ3v) is 7.43. The fraction of sp³-hybridized carbons (Fsp3) is 0.632. The molecule has 26 heavy (non-hydrogen) atoms. The third-order valence-electron chi connectivity index (χ3n) is 5.51. The fourth-order valence-electron chi connectivity index (χ4n) is 3.75. The van der Waals surface area contributed by atoms with Crippen LogP contribution in [0.15, 0.2) is 29.2 Å². The van der Waals surface area contributed by atoms with Gasteiger partial charge in [0, 0.05) is 37.8 Å². The maximum atomic E-state index is 12.8. The zero-order chi connectivity index (χ0) is 18.6. The van der Waals surface area contributed by atoms with E-state index in [0.29, 0.717) is 18.8 Å². The Kier molecular flexibility index (Phi) is 6.32. The lowest BCUT2D eigenvalue weighted by Gasteiger charge is -2.33. The van der Waals surface area contributed by atoms with Crippen molar-refractivity contribution in [3.63, 3.8) is 0 Å². The zero-order valence-corrected chi connectivity index (χ0v) is 16.3. The number of carbonyl (C=O) groups is 1. The number of piperazine rings is 1. The first-order valence-electron chi connectivity index (χ1n) is 9.64. The van der Waals surface area contributed by atoms with E-state index in [1.54, 1.807) is 28.6 Å². The van der Waals surface area contributed by atoms with Crippen LogP contribution in [0.5, 0.6) is 0 Å². The van der Waals surface area contributed by atoms with E-state index >= 15 is 0 Å². The van der Waals surface area contributed by atoms with Gasteiger partial charge in [-0.3, -0.25) is 4.79 Å². The van der Waals surface area contributed by atoms with Gasteiger partial charge in [0.2, 0.25) is 15.9 Å². The number of hydrogen-bond donors (Lipinski definition) is 1. The summed E-state index contributed by atoms with van der Waals surface area (Å²) in [4.78, 5) is 14.8. The molecule has 2 aliphatic rings. The number of anilines is 1. The van der Waals surface area contributed by atoms with E-state index in [4.69, 9.17) is 0 Å². The lowest BCUT2D eigenvalue weighted by Crippen LogP contribution is -2.48. The van der Waals surface area contributed by atoms with Crippen LogP contribution >= 0.6 is 0 Å². The number of sulfonamides is 1. The Morgan fingerprint density at radius 2 is 1.65 bits per heavy atom. The number of benzene rings is 1. The first kappa shape index (κ1) is 19.3. The average Bonchev–Trinajstić information content (AvgIpc) is 2.69. The molecule has 0 spiro atoms. The van der Waals surface area contributed by atoms with E-state index in [9.17, 15) is 13.2 Å². The predicted molar refractivity (Wildman–Crippen MR) is 103 cm³/mol. The normalized spacial score (nSPS) is 20.8. The molecule has 7 heteroatoms. The molecule has 1 aromatic rings. The Morgan fingerprint density at radius 1 is 1.04 bits per heavy atom. The molecule has 1 aromatic carbocycles. The zero-order valence-electron chi connectivity index (χ0n) is 15.5. The predicted octanol–water partition coefficient (Wildman–Crippen LogP) is 2.53. The molecule has 1 amide bonds. The highest BCUT2D eigenvalue weighted by Crippen LogP contribution is 2.25. The van der Waals surface area contributed by atoms with E-state index in [1.807, 2.05) is 0 Å². The summed E-state index contributed by atoms with van der Waals surface area (Å²) in [5, 5.41) is 2.93. The topological polar surface area (TPSA) is 69.7 Å². The van der Waals surface area contributed by atoms with Crippen molar-refractivity contribution in [2.45, 2.75) is 43.9 Å².